The lowest BCUT2D eigenvalue weighted by Crippen LogP contribution is -2.34. The maximum Gasteiger partial charge on any atom is 0.261 e. The fourth-order valence-corrected chi connectivity index (χ4v) is 3.79. The number of nitrogens with zero attached hydrogens (tertiary/aromatic N) is 3. The Labute approximate surface area is 172 Å². The monoisotopic (exact) mass is 395 g/mol. The van der Waals surface area contributed by atoms with Gasteiger partial charge < -0.3 is 0 Å². The molecule has 5 rings (SSSR count). The van der Waals surface area contributed by atoms with E-state index in [0.717, 1.165) is 10.5 Å². The molecule has 0 saturated carbocycles. The van der Waals surface area contributed by atoms with E-state index in [0.29, 0.717) is 34.4 Å². The van der Waals surface area contributed by atoms with Crippen molar-refractivity contribution in [2.75, 3.05) is 0 Å². The molecule has 0 aliphatic carbocycles. The quantitative estimate of drug-likeness (QED) is 0.498. The van der Waals surface area contributed by atoms with Gasteiger partial charge in [-0.15, -0.1) is 0 Å². The molecule has 2 amide bonds. The first kappa shape index (κ1) is 18.0. The Morgan fingerprint density at radius 3 is 1.97 bits per heavy atom. The topological polar surface area (TPSA) is 72.3 Å². The normalized spacial score (nSPS) is 13.1. The summed E-state index contributed by atoms with van der Waals surface area (Å²) in [5.41, 5.74) is 2.02. The van der Waals surface area contributed by atoms with Crippen molar-refractivity contribution in [1.82, 2.24) is 14.5 Å². The molecule has 6 heteroatoms. The number of hydrogen-bond acceptors (Lipinski definition) is 4. The molecular formula is C24H17N3O3. The van der Waals surface area contributed by atoms with Crippen LogP contribution in [0.5, 0.6) is 0 Å². The van der Waals surface area contributed by atoms with Crippen molar-refractivity contribution in [3.8, 4) is 0 Å². The van der Waals surface area contributed by atoms with E-state index >= 15 is 0 Å². The number of aromatic nitrogens is 2. The standard InChI is InChI=1S/C24H17N3O3/c28-22-17-10-4-5-11-18(17)23(29)27(22)15-21-25-20-13-7-6-12-19(20)24(30)26(21)14-16-8-2-1-3-9-16/h1-13H,14-15H2. The fourth-order valence-electron chi connectivity index (χ4n) is 3.79. The molecule has 0 atom stereocenters. The van der Waals surface area contributed by atoms with Crippen LogP contribution in [0, 0.1) is 0 Å². The van der Waals surface area contributed by atoms with E-state index < -0.39 is 0 Å². The van der Waals surface area contributed by atoms with Gasteiger partial charge in [-0.3, -0.25) is 23.9 Å². The molecule has 0 saturated heterocycles. The number of rotatable bonds is 4. The zero-order valence-corrected chi connectivity index (χ0v) is 16.0. The summed E-state index contributed by atoms with van der Waals surface area (Å²) in [5, 5.41) is 0.500. The van der Waals surface area contributed by atoms with Gasteiger partial charge in [0.15, 0.2) is 0 Å². The summed E-state index contributed by atoms with van der Waals surface area (Å²) in [6.07, 6.45) is 0. The van der Waals surface area contributed by atoms with Gasteiger partial charge in [0.1, 0.15) is 5.82 Å². The molecule has 0 fully saturated rings. The molecule has 0 radical (unpaired) electrons. The van der Waals surface area contributed by atoms with Crippen LogP contribution < -0.4 is 5.56 Å². The average molecular weight is 395 g/mol. The first-order chi connectivity index (χ1) is 14.6. The zero-order chi connectivity index (χ0) is 20.7. The number of carbonyl (C=O) groups is 2. The predicted octanol–water partition coefficient (Wildman–Crippen LogP) is 3.24. The van der Waals surface area contributed by atoms with Crippen molar-refractivity contribution in [2.24, 2.45) is 0 Å². The summed E-state index contributed by atoms with van der Waals surface area (Å²) in [5.74, 6) is -0.370. The van der Waals surface area contributed by atoms with Crippen molar-refractivity contribution in [1.29, 1.82) is 0 Å². The number of imide groups is 1. The fraction of sp³-hybridized carbons (Fsp3) is 0.0833. The van der Waals surface area contributed by atoms with Gasteiger partial charge in [-0.25, -0.2) is 4.98 Å². The molecular weight excluding hydrogens is 378 g/mol. The number of fused-ring (bicyclic) bond motifs is 2. The lowest BCUT2D eigenvalue weighted by molar-refractivity contribution is 0.0636. The first-order valence-electron chi connectivity index (χ1n) is 9.61. The average Bonchev–Trinajstić information content (AvgIpc) is 3.02. The minimum absolute atomic E-state index is 0.0702. The third-order valence-electron chi connectivity index (χ3n) is 5.30. The summed E-state index contributed by atoms with van der Waals surface area (Å²) < 4.78 is 1.54. The van der Waals surface area contributed by atoms with Gasteiger partial charge >= 0.3 is 0 Å². The number of hydrogen-bond donors (Lipinski definition) is 0. The van der Waals surface area contributed by atoms with Gasteiger partial charge in [-0.1, -0.05) is 54.6 Å². The van der Waals surface area contributed by atoms with Gasteiger partial charge in [-0.2, -0.15) is 0 Å². The Morgan fingerprint density at radius 2 is 1.27 bits per heavy atom. The Bertz CT molecular complexity index is 1320. The Morgan fingerprint density at radius 1 is 0.667 bits per heavy atom. The molecule has 1 aromatic heterocycles. The van der Waals surface area contributed by atoms with Crippen LogP contribution in [0.2, 0.25) is 0 Å². The SMILES string of the molecule is O=C1c2ccccc2C(=O)N1Cc1nc2ccccc2c(=O)n1Cc1ccccc1. The van der Waals surface area contributed by atoms with Crippen LogP contribution in [-0.2, 0) is 13.1 Å². The van der Waals surface area contributed by atoms with Gasteiger partial charge in [0.25, 0.3) is 17.4 Å². The molecule has 1 aliphatic rings. The van der Waals surface area contributed by atoms with Gasteiger partial charge in [-0.05, 0) is 29.8 Å². The summed E-state index contributed by atoms with van der Waals surface area (Å²) >= 11 is 0. The molecule has 0 bridgehead atoms. The Kier molecular flexibility index (Phi) is 4.25. The second kappa shape index (κ2) is 7.08. The van der Waals surface area contributed by atoms with Crippen molar-refractivity contribution in [2.45, 2.75) is 13.1 Å². The molecule has 4 aromatic rings. The zero-order valence-electron chi connectivity index (χ0n) is 16.0. The molecule has 0 N–H and O–H groups in total. The highest BCUT2D eigenvalue weighted by molar-refractivity contribution is 6.21. The van der Waals surface area contributed by atoms with Gasteiger partial charge in [0, 0.05) is 0 Å². The third-order valence-corrected chi connectivity index (χ3v) is 5.30. The third kappa shape index (κ3) is 2.90. The first-order valence-corrected chi connectivity index (χ1v) is 9.61. The van der Waals surface area contributed by atoms with Crippen LogP contribution >= 0.6 is 0 Å². The Hall–Kier alpha value is -4.06. The van der Waals surface area contributed by atoms with Crippen LogP contribution in [0.3, 0.4) is 0 Å². The number of para-hydroxylation sites is 1. The van der Waals surface area contributed by atoms with E-state index in [-0.39, 0.29) is 23.9 Å². The summed E-state index contributed by atoms with van der Waals surface area (Å²) in [4.78, 5) is 44.7. The molecule has 1 aliphatic heterocycles. The van der Waals surface area contributed by atoms with Crippen LogP contribution in [0.1, 0.15) is 32.1 Å². The molecule has 0 unspecified atom stereocenters. The van der Waals surface area contributed by atoms with E-state index in [4.69, 9.17) is 0 Å². The van der Waals surface area contributed by atoms with E-state index in [1.54, 1.807) is 47.0 Å². The second-order valence-electron chi connectivity index (χ2n) is 7.16. The highest BCUT2D eigenvalue weighted by Crippen LogP contribution is 2.24. The largest absolute Gasteiger partial charge is 0.290 e. The molecule has 146 valence electrons. The van der Waals surface area contributed by atoms with E-state index in [9.17, 15) is 14.4 Å². The molecule has 30 heavy (non-hydrogen) atoms. The van der Waals surface area contributed by atoms with Gasteiger partial charge in [0.2, 0.25) is 0 Å². The smallest absolute Gasteiger partial charge is 0.261 e. The minimum atomic E-state index is -0.371. The maximum absolute atomic E-state index is 13.2. The number of amides is 2. The van der Waals surface area contributed by atoms with Crippen LogP contribution in [0.25, 0.3) is 10.9 Å². The highest BCUT2D eigenvalue weighted by Gasteiger charge is 2.36. The molecule has 0 spiro atoms. The van der Waals surface area contributed by atoms with Crippen LogP contribution in [-0.4, -0.2) is 26.3 Å². The summed E-state index contributed by atoms with van der Waals surface area (Å²) in [6, 6.07) is 23.4. The predicted molar refractivity (Wildman–Crippen MR) is 112 cm³/mol. The summed E-state index contributed by atoms with van der Waals surface area (Å²) in [7, 11) is 0. The maximum atomic E-state index is 13.2. The highest BCUT2D eigenvalue weighted by atomic mass is 16.2. The number of carbonyl (C=O) groups excluding carboxylic acids is 2. The van der Waals surface area contributed by atoms with E-state index in [1.165, 1.54) is 0 Å². The molecule has 3 aromatic carbocycles. The lowest BCUT2D eigenvalue weighted by Gasteiger charge is -2.18. The second-order valence-corrected chi connectivity index (χ2v) is 7.16. The Balaban J connectivity index is 1.62. The number of benzene rings is 3. The molecule has 6 nitrogen and oxygen atoms in total. The van der Waals surface area contributed by atoms with Crippen molar-refractivity contribution in [3.63, 3.8) is 0 Å². The van der Waals surface area contributed by atoms with Crippen LogP contribution in [0.4, 0.5) is 0 Å². The molecule has 2 heterocycles. The van der Waals surface area contributed by atoms with Crippen LogP contribution in [0.15, 0.2) is 83.7 Å². The van der Waals surface area contributed by atoms with Crippen molar-refractivity contribution >= 4 is 22.7 Å². The van der Waals surface area contributed by atoms with Crippen molar-refractivity contribution < 1.29 is 9.59 Å². The minimum Gasteiger partial charge on any atom is -0.290 e. The lowest BCUT2D eigenvalue weighted by atomic mass is 10.1. The van der Waals surface area contributed by atoms with E-state index in [1.807, 2.05) is 36.4 Å². The van der Waals surface area contributed by atoms with Crippen molar-refractivity contribution in [3.05, 3.63) is 112 Å². The van der Waals surface area contributed by atoms with E-state index in [2.05, 4.69) is 4.98 Å². The van der Waals surface area contributed by atoms with Gasteiger partial charge in [0.05, 0.1) is 35.1 Å². The summed E-state index contributed by atoms with van der Waals surface area (Å²) in [6.45, 7) is 0.231.